The molecule has 0 bridgehead atoms. The number of rotatable bonds is 8. The largest absolute Gasteiger partial charge is 0.355 e. The molecule has 0 fully saturated rings. The third-order valence-electron chi connectivity index (χ3n) is 3.85. The summed E-state index contributed by atoms with van der Waals surface area (Å²) in [5.41, 5.74) is 3.08. The Hall–Kier alpha value is -1.80. The number of thioether (sulfide) groups is 1. The number of nitrogens with zero attached hydrogens (tertiary/aromatic N) is 2. The average molecular weight is 453 g/mol. The molecule has 28 heavy (non-hydrogen) atoms. The summed E-state index contributed by atoms with van der Waals surface area (Å²) >= 11 is 14.8. The van der Waals surface area contributed by atoms with E-state index in [4.69, 9.17) is 23.2 Å². The van der Waals surface area contributed by atoms with Crippen molar-refractivity contribution >= 4 is 63.0 Å². The van der Waals surface area contributed by atoms with E-state index in [-0.39, 0.29) is 11.7 Å². The van der Waals surface area contributed by atoms with Gasteiger partial charge in [-0.25, -0.2) is 0 Å². The van der Waals surface area contributed by atoms with E-state index in [9.17, 15) is 4.79 Å². The van der Waals surface area contributed by atoms with Crippen LogP contribution in [0.2, 0.25) is 10.0 Å². The molecule has 3 rings (SSSR count). The lowest BCUT2D eigenvalue weighted by atomic mass is 10.1. The van der Waals surface area contributed by atoms with Gasteiger partial charge in [0.2, 0.25) is 11.0 Å². The first-order chi connectivity index (χ1) is 13.5. The van der Waals surface area contributed by atoms with E-state index in [1.54, 1.807) is 12.1 Å². The maximum Gasteiger partial charge on any atom is 0.230 e. The van der Waals surface area contributed by atoms with Crippen molar-refractivity contribution in [3.63, 3.8) is 0 Å². The summed E-state index contributed by atoms with van der Waals surface area (Å²) in [7, 11) is 0. The quantitative estimate of drug-likeness (QED) is 0.450. The summed E-state index contributed by atoms with van der Waals surface area (Å²) in [4.78, 5) is 12.0. The van der Waals surface area contributed by atoms with E-state index in [1.807, 2.05) is 37.3 Å². The third-order valence-corrected chi connectivity index (χ3v) is 6.41. The van der Waals surface area contributed by atoms with E-state index in [1.165, 1.54) is 23.1 Å². The summed E-state index contributed by atoms with van der Waals surface area (Å²) in [6.45, 7) is 2.54. The zero-order chi connectivity index (χ0) is 19.9. The molecule has 0 atom stereocenters. The highest BCUT2D eigenvalue weighted by Crippen LogP contribution is 2.28. The van der Waals surface area contributed by atoms with E-state index < -0.39 is 0 Å². The monoisotopic (exact) mass is 452 g/mol. The Morgan fingerprint density at radius 3 is 2.79 bits per heavy atom. The lowest BCUT2D eigenvalue weighted by molar-refractivity contribution is -0.118. The minimum Gasteiger partial charge on any atom is -0.355 e. The maximum absolute atomic E-state index is 12.0. The smallest absolute Gasteiger partial charge is 0.230 e. The number of anilines is 2. The van der Waals surface area contributed by atoms with Crippen LogP contribution in [0.15, 0.2) is 46.8 Å². The van der Waals surface area contributed by atoms with Crippen molar-refractivity contribution in [3.8, 4) is 0 Å². The SMILES string of the molecule is Cc1ccccc1Nc1nnc(SCC(=O)NCCc2ccc(Cl)cc2Cl)s1. The van der Waals surface area contributed by atoms with Crippen molar-refractivity contribution in [2.75, 3.05) is 17.6 Å². The summed E-state index contributed by atoms with van der Waals surface area (Å²) < 4.78 is 0.743. The van der Waals surface area contributed by atoms with Gasteiger partial charge in [-0.3, -0.25) is 4.79 Å². The van der Waals surface area contributed by atoms with Crippen LogP contribution in [0, 0.1) is 6.92 Å². The molecular weight excluding hydrogens is 435 g/mol. The molecule has 0 aliphatic carbocycles. The Kier molecular flexibility index (Phi) is 7.56. The van der Waals surface area contributed by atoms with Gasteiger partial charge in [0.15, 0.2) is 4.34 Å². The predicted molar refractivity (Wildman–Crippen MR) is 118 cm³/mol. The minimum absolute atomic E-state index is 0.0568. The first-order valence-electron chi connectivity index (χ1n) is 8.51. The normalized spacial score (nSPS) is 10.7. The fourth-order valence-electron chi connectivity index (χ4n) is 2.39. The van der Waals surface area contributed by atoms with Crippen molar-refractivity contribution in [2.45, 2.75) is 17.7 Å². The molecule has 0 aliphatic rings. The highest BCUT2D eigenvalue weighted by molar-refractivity contribution is 8.01. The van der Waals surface area contributed by atoms with Crippen molar-refractivity contribution in [1.82, 2.24) is 15.5 Å². The summed E-state index contributed by atoms with van der Waals surface area (Å²) in [5, 5.41) is 16.3. The molecular formula is C19H18Cl2N4OS2. The number of para-hydroxylation sites is 1. The number of hydrogen-bond acceptors (Lipinski definition) is 6. The number of hydrogen-bond donors (Lipinski definition) is 2. The minimum atomic E-state index is -0.0568. The van der Waals surface area contributed by atoms with Gasteiger partial charge in [0, 0.05) is 22.3 Å². The van der Waals surface area contributed by atoms with Crippen LogP contribution in [0.25, 0.3) is 0 Å². The molecule has 5 nitrogen and oxygen atoms in total. The molecule has 1 amide bonds. The molecule has 9 heteroatoms. The molecule has 0 spiro atoms. The number of nitrogens with one attached hydrogen (secondary N) is 2. The number of amides is 1. The first kappa shape index (κ1) is 20.9. The average Bonchev–Trinajstić information content (AvgIpc) is 3.11. The standard InChI is InChI=1S/C19H18Cl2N4OS2/c1-12-4-2-3-5-16(12)23-18-24-25-19(28-18)27-11-17(26)22-9-8-13-6-7-14(20)10-15(13)21/h2-7,10H,8-9,11H2,1H3,(H,22,26)(H,23,24). The predicted octanol–water partition coefficient (Wildman–Crippen LogP) is 5.35. The number of carbonyl (C=O) groups excluding carboxylic acids is 1. The molecule has 2 aromatic carbocycles. The zero-order valence-corrected chi connectivity index (χ0v) is 18.2. The molecule has 0 aliphatic heterocycles. The van der Waals surface area contributed by atoms with Gasteiger partial charge in [-0.2, -0.15) is 0 Å². The number of aryl methyl sites for hydroxylation is 1. The molecule has 1 aromatic heterocycles. The molecule has 1 heterocycles. The van der Waals surface area contributed by atoms with Gasteiger partial charge in [0.05, 0.1) is 5.75 Å². The summed E-state index contributed by atoms with van der Waals surface area (Å²) in [6.07, 6.45) is 0.649. The van der Waals surface area contributed by atoms with Crippen molar-refractivity contribution in [3.05, 3.63) is 63.6 Å². The number of aromatic nitrogens is 2. The lowest BCUT2D eigenvalue weighted by Gasteiger charge is -2.06. The van der Waals surface area contributed by atoms with Gasteiger partial charge in [-0.05, 0) is 42.7 Å². The Morgan fingerprint density at radius 1 is 1.18 bits per heavy atom. The summed E-state index contributed by atoms with van der Waals surface area (Å²) in [6, 6.07) is 13.3. The summed E-state index contributed by atoms with van der Waals surface area (Å²) in [5.74, 6) is 0.228. The van der Waals surface area contributed by atoms with Crippen LogP contribution in [-0.2, 0) is 11.2 Å². The van der Waals surface area contributed by atoms with Crippen LogP contribution in [-0.4, -0.2) is 28.4 Å². The number of carbonyl (C=O) groups is 1. The molecule has 146 valence electrons. The van der Waals surface area contributed by atoms with Gasteiger partial charge < -0.3 is 10.6 Å². The van der Waals surface area contributed by atoms with E-state index >= 15 is 0 Å². The zero-order valence-electron chi connectivity index (χ0n) is 15.0. The second-order valence-electron chi connectivity index (χ2n) is 5.94. The van der Waals surface area contributed by atoms with Crippen molar-refractivity contribution in [1.29, 1.82) is 0 Å². The van der Waals surface area contributed by atoms with E-state index in [0.717, 1.165) is 21.2 Å². The van der Waals surface area contributed by atoms with Crippen LogP contribution in [0.1, 0.15) is 11.1 Å². The van der Waals surface area contributed by atoms with Gasteiger partial charge >= 0.3 is 0 Å². The molecule has 0 unspecified atom stereocenters. The maximum atomic E-state index is 12.0. The van der Waals surface area contributed by atoms with Crippen LogP contribution in [0.3, 0.4) is 0 Å². The molecule has 0 radical (unpaired) electrons. The fraction of sp³-hybridized carbons (Fsp3) is 0.211. The first-order valence-corrected chi connectivity index (χ1v) is 11.1. The second-order valence-corrected chi connectivity index (χ2v) is 8.98. The number of benzene rings is 2. The Balaban J connectivity index is 1.42. The van der Waals surface area contributed by atoms with E-state index in [0.29, 0.717) is 28.1 Å². The highest BCUT2D eigenvalue weighted by Gasteiger charge is 2.09. The third kappa shape index (κ3) is 6.10. The topological polar surface area (TPSA) is 66.9 Å². The van der Waals surface area contributed by atoms with Crippen molar-refractivity contribution in [2.24, 2.45) is 0 Å². The second kappa shape index (κ2) is 10.1. The van der Waals surface area contributed by atoms with E-state index in [2.05, 4.69) is 20.8 Å². The van der Waals surface area contributed by atoms with Gasteiger partial charge in [-0.15, -0.1) is 10.2 Å². The van der Waals surface area contributed by atoms with Gasteiger partial charge in [0.1, 0.15) is 0 Å². The molecule has 3 aromatic rings. The molecule has 2 N–H and O–H groups in total. The van der Waals surface area contributed by atoms with Crippen molar-refractivity contribution < 1.29 is 4.79 Å². The Morgan fingerprint density at radius 2 is 2.00 bits per heavy atom. The Bertz CT molecular complexity index is 965. The molecule has 0 saturated heterocycles. The number of halogens is 2. The molecule has 0 saturated carbocycles. The van der Waals surface area contributed by atoms with Crippen LogP contribution >= 0.6 is 46.3 Å². The van der Waals surface area contributed by atoms with Gasteiger partial charge in [-0.1, -0.05) is 70.6 Å². The lowest BCUT2D eigenvalue weighted by Crippen LogP contribution is -2.27. The van der Waals surface area contributed by atoms with Crippen LogP contribution in [0.5, 0.6) is 0 Å². The fourth-order valence-corrected chi connectivity index (χ4v) is 4.48. The van der Waals surface area contributed by atoms with Crippen LogP contribution < -0.4 is 10.6 Å². The highest BCUT2D eigenvalue weighted by atomic mass is 35.5. The Labute approximate surface area is 181 Å². The van der Waals surface area contributed by atoms with Crippen LogP contribution in [0.4, 0.5) is 10.8 Å². The van der Waals surface area contributed by atoms with Gasteiger partial charge in [0.25, 0.3) is 0 Å².